The van der Waals surface area contributed by atoms with Crippen LogP contribution in [-0.2, 0) is 0 Å². The van der Waals surface area contributed by atoms with Gasteiger partial charge in [-0.3, -0.25) is 0 Å². The van der Waals surface area contributed by atoms with Gasteiger partial charge in [0.15, 0.2) is 23.0 Å². The quantitative estimate of drug-likeness (QED) is 0.183. The summed E-state index contributed by atoms with van der Waals surface area (Å²) in [6.07, 6.45) is 0. The number of nitrogens with zero attached hydrogens (tertiary/aromatic N) is 2. The summed E-state index contributed by atoms with van der Waals surface area (Å²) >= 11 is 1.87. The van der Waals surface area contributed by atoms with Gasteiger partial charge in [0, 0.05) is 31.5 Å². The average molecular weight is 699 g/mol. The molecule has 0 aliphatic carbocycles. The molecule has 0 bridgehead atoms. The first kappa shape index (κ1) is 29.9. The van der Waals surface area contributed by atoms with Crippen molar-refractivity contribution in [2.75, 3.05) is 9.80 Å². The molecule has 0 atom stereocenters. The zero-order chi connectivity index (χ0) is 34.9. The Bertz CT molecular complexity index is 2610. The minimum Gasteiger partial charge on any atom is -0.453 e. The number of para-hydroxylation sites is 8. The Hall–Kier alpha value is -6.82. The monoisotopic (exact) mass is 698 g/mol. The average Bonchev–Trinajstić information content (AvgIpc) is 3.61. The highest BCUT2D eigenvalue weighted by Gasteiger charge is 2.27. The summed E-state index contributed by atoms with van der Waals surface area (Å²) in [6.45, 7) is 0. The van der Waals surface area contributed by atoms with E-state index in [-0.39, 0.29) is 0 Å². The molecule has 2 aliphatic rings. The first-order valence-electron chi connectivity index (χ1n) is 17.8. The molecule has 53 heavy (non-hydrogen) atoms. The lowest BCUT2D eigenvalue weighted by molar-refractivity contribution is 0.477. The zero-order valence-electron chi connectivity index (χ0n) is 28.4. The molecule has 0 amide bonds. The van der Waals surface area contributed by atoms with Gasteiger partial charge in [0.2, 0.25) is 0 Å². The predicted molar refractivity (Wildman–Crippen MR) is 220 cm³/mol. The van der Waals surface area contributed by atoms with E-state index in [1.165, 1.54) is 42.4 Å². The van der Waals surface area contributed by atoms with Gasteiger partial charge in [-0.2, -0.15) is 0 Å². The number of rotatable bonds is 4. The van der Waals surface area contributed by atoms with Gasteiger partial charge in [-0.1, -0.05) is 109 Å². The Labute approximate surface area is 311 Å². The summed E-state index contributed by atoms with van der Waals surface area (Å²) in [5.74, 6) is 3.40. The third-order valence-electron chi connectivity index (χ3n) is 10.2. The highest BCUT2D eigenvalue weighted by atomic mass is 32.1. The normalized spacial score (nSPS) is 12.8. The van der Waals surface area contributed by atoms with E-state index < -0.39 is 0 Å². The highest BCUT2D eigenvalue weighted by Crippen LogP contribution is 2.53. The van der Waals surface area contributed by atoms with E-state index >= 15 is 0 Å². The van der Waals surface area contributed by atoms with Crippen LogP contribution in [0.25, 0.3) is 42.4 Å². The van der Waals surface area contributed by atoms with Crippen molar-refractivity contribution in [2.45, 2.75) is 0 Å². The van der Waals surface area contributed by atoms with Gasteiger partial charge in [-0.15, -0.1) is 11.3 Å². The number of hydrogen-bond donors (Lipinski definition) is 0. The number of anilines is 6. The van der Waals surface area contributed by atoms with Crippen molar-refractivity contribution in [1.29, 1.82) is 0 Å². The predicted octanol–water partition coefficient (Wildman–Crippen LogP) is 14.5. The molecule has 5 heteroatoms. The van der Waals surface area contributed by atoms with Gasteiger partial charge in [0.05, 0.1) is 22.7 Å². The van der Waals surface area contributed by atoms with Gasteiger partial charge >= 0.3 is 0 Å². The Balaban J connectivity index is 1.03. The van der Waals surface area contributed by atoms with Crippen molar-refractivity contribution in [1.82, 2.24) is 0 Å². The molecule has 0 radical (unpaired) electrons. The molecule has 0 unspecified atom stereocenters. The third-order valence-corrected chi connectivity index (χ3v) is 11.5. The summed E-state index contributed by atoms with van der Waals surface area (Å²) in [6, 6.07) is 64.2. The summed E-state index contributed by atoms with van der Waals surface area (Å²) in [5.41, 5.74) is 11.1. The smallest absolute Gasteiger partial charge is 0.151 e. The molecule has 0 saturated heterocycles. The number of benzene rings is 8. The molecule has 250 valence electrons. The largest absolute Gasteiger partial charge is 0.453 e. The summed E-state index contributed by atoms with van der Waals surface area (Å²) in [4.78, 5) is 4.61. The minimum atomic E-state index is 0.849. The van der Waals surface area contributed by atoms with Crippen LogP contribution in [0.15, 0.2) is 182 Å². The second-order valence-electron chi connectivity index (χ2n) is 13.3. The molecule has 0 N–H and O–H groups in total. The molecule has 11 rings (SSSR count). The van der Waals surface area contributed by atoms with Gasteiger partial charge in [0.25, 0.3) is 0 Å². The highest BCUT2D eigenvalue weighted by molar-refractivity contribution is 7.26. The van der Waals surface area contributed by atoms with Gasteiger partial charge in [-0.05, 0) is 95.1 Å². The maximum atomic E-state index is 6.31. The van der Waals surface area contributed by atoms with Crippen LogP contribution in [0, 0.1) is 0 Å². The molecule has 4 nitrogen and oxygen atoms in total. The van der Waals surface area contributed by atoms with Crippen molar-refractivity contribution in [3.05, 3.63) is 182 Å². The van der Waals surface area contributed by atoms with Gasteiger partial charge in [0.1, 0.15) is 0 Å². The van der Waals surface area contributed by atoms with Crippen molar-refractivity contribution >= 4 is 65.6 Å². The molecule has 0 fully saturated rings. The Morgan fingerprint density at radius 2 is 0.698 bits per heavy atom. The maximum Gasteiger partial charge on any atom is 0.151 e. The molecule has 8 aromatic carbocycles. The standard InChI is InChI=1S/C48H30N2O2S/c1-5-25-43-39(21-1)49(40-22-2-6-26-44(40)51-43)33-15-9-13-31(29-33)35-17-11-19-37-38-20-12-18-36(48(38)53-47(35)37)32-14-10-16-34(30-32)50-41-23-3-7-27-45(41)52-46-28-8-4-24-42(46)50/h1-30H. The zero-order valence-corrected chi connectivity index (χ0v) is 29.3. The molecular formula is C48H30N2O2S. The van der Waals surface area contributed by atoms with E-state index in [2.05, 4.69) is 143 Å². The molecule has 2 aliphatic heterocycles. The van der Waals surface area contributed by atoms with E-state index in [9.17, 15) is 0 Å². The van der Waals surface area contributed by atoms with E-state index in [1.807, 2.05) is 59.9 Å². The number of thiophene rings is 1. The van der Waals surface area contributed by atoms with Gasteiger partial charge in [-0.25, -0.2) is 0 Å². The Kier molecular flexibility index (Phi) is 6.69. The second kappa shape index (κ2) is 11.9. The van der Waals surface area contributed by atoms with Crippen molar-refractivity contribution in [3.63, 3.8) is 0 Å². The van der Waals surface area contributed by atoms with Crippen molar-refractivity contribution < 1.29 is 9.47 Å². The number of fused-ring (bicyclic) bond motifs is 7. The van der Waals surface area contributed by atoms with E-state index in [4.69, 9.17) is 9.47 Å². The van der Waals surface area contributed by atoms with Crippen molar-refractivity contribution in [3.8, 4) is 45.3 Å². The molecule has 0 saturated carbocycles. The summed E-state index contributed by atoms with van der Waals surface area (Å²) in [5, 5.41) is 2.54. The fourth-order valence-corrected chi connectivity index (χ4v) is 9.24. The molecule has 0 spiro atoms. The lowest BCUT2D eigenvalue weighted by atomic mass is 9.99. The first-order chi connectivity index (χ1) is 26.3. The first-order valence-corrected chi connectivity index (χ1v) is 18.6. The van der Waals surface area contributed by atoms with Crippen LogP contribution in [-0.4, -0.2) is 0 Å². The summed E-state index contributed by atoms with van der Waals surface area (Å²) < 4.78 is 15.2. The third kappa shape index (κ3) is 4.75. The lowest BCUT2D eigenvalue weighted by Gasteiger charge is -2.33. The SMILES string of the molecule is c1cc(-c2cccc3c2sc2c(-c4cccc(N5c6ccccc6Oc6ccccc65)c4)cccc23)cc(N2c3ccccc3Oc3ccccc32)c1. The molecule has 1 aromatic heterocycles. The lowest BCUT2D eigenvalue weighted by Crippen LogP contribution is -2.15. The van der Waals surface area contributed by atoms with E-state index in [0.717, 1.165) is 57.1 Å². The second-order valence-corrected chi connectivity index (χ2v) is 14.3. The van der Waals surface area contributed by atoms with E-state index in [1.54, 1.807) is 0 Å². The number of ether oxygens (including phenoxy) is 2. The van der Waals surface area contributed by atoms with Gasteiger partial charge < -0.3 is 19.3 Å². The van der Waals surface area contributed by atoms with E-state index in [0.29, 0.717) is 0 Å². The maximum absolute atomic E-state index is 6.31. The summed E-state index contributed by atoms with van der Waals surface area (Å²) in [7, 11) is 0. The fourth-order valence-electron chi connectivity index (χ4n) is 7.87. The van der Waals surface area contributed by atoms with Crippen LogP contribution in [0.5, 0.6) is 23.0 Å². The van der Waals surface area contributed by atoms with Crippen LogP contribution in [0.3, 0.4) is 0 Å². The van der Waals surface area contributed by atoms with Crippen LogP contribution < -0.4 is 19.3 Å². The topological polar surface area (TPSA) is 24.9 Å². The van der Waals surface area contributed by atoms with Crippen molar-refractivity contribution in [2.24, 2.45) is 0 Å². The fraction of sp³-hybridized carbons (Fsp3) is 0. The minimum absolute atomic E-state index is 0.849. The van der Waals surface area contributed by atoms with Crippen LogP contribution in [0.1, 0.15) is 0 Å². The Morgan fingerprint density at radius 1 is 0.340 bits per heavy atom. The van der Waals surface area contributed by atoms with Crippen LogP contribution >= 0.6 is 11.3 Å². The van der Waals surface area contributed by atoms with Crippen LogP contribution in [0.2, 0.25) is 0 Å². The molecule has 9 aromatic rings. The molecular weight excluding hydrogens is 669 g/mol. The molecule has 3 heterocycles. The van der Waals surface area contributed by atoms with Crippen LogP contribution in [0.4, 0.5) is 34.1 Å². The number of hydrogen-bond acceptors (Lipinski definition) is 5. The Morgan fingerprint density at radius 3 is 1.09 bits per heavy atom.